The maximum absolute atomic E-state index is 10.8. The quantitative estimate of drug-likeness (QED) is 0.601. The van der Waals surface area contributed by atoms with Crippen LogP contribution in [-0.4, -0.2) is 19.8 Å². The molecule has 2 aliphatic heterocycles. The van der Waals surface area contributed by atoms with Gasteiger partial charge in [0.25, 0.3) is 0 Å². The summed E-state index contributed by atoms with van der Waals surface area (Å²) >= 11 is 3.08. The van der Waals surface area contributed by atoms with Crippen molar-refractivity contribution in [3.05, 3.63) is 44.3 Å². The molecule has 120 valence electrons. The van der Waals surface area contributed by atoms with E-state index in [4.69, 9.17) is 4.42 Å². The second kappa shape index (κ2) is 4.78. The Morgan fingerprint density at radius 3 is 2.78 bits per heavy atom. The fourth-order valence-electron chi connectivity index (χ4n) is 2.47. The van der Waals surface area contributed by atoms with Gasteiger partial charge in [-0.3, -0.25) is 10.1 Å². The van der Waals surface area contributed by atoms with E-state index in [0.717, 1.165) is 16.0 Å². The third kappa shape index (κ3) is 2.16. The minimum absolute atomic E-state index is 0.172. The molecule has 0 aromatic carbocycles. The van der Waals surface area contributed by atoms with Crippen molar-refractivity contribution in [3.8, 4) is 0 Å². The number of thioether (sulfide) groups is 2. The minimum Gasteiger partial charge on any atom is -0.403 e. The average molecular weight is 351 g/mol. The van der Waals surface area contributed by atoms with Crippen molar-refractivity contribution in [3.63, 3.8) is 0 Å². The first-order valence-corrected chi connectivity index (χ1v) is 8.65. The van der Waals surface area contributed by atoms with Gasteiger partial charge in [0.15, 0.2) is 11.2 Å². The van der Waals surface area contributed by atoms with Crippen LogP contribution in [0, 0.1) is 10.1 Å². The lowest BCUT2D eigenvalue weighted by molar-refractivity contribution is -0.402. The largest absolute Gasteiger partial charge is 0.433 e. The molecule has 1 atom stereocenters. The number of nitrogens with zero attached hydrogens (tertiary/aromatic N) is 5. The van der Waals surface area contributed by atoms with Crippen molar-refractivity contribution in [2.24, 2.45) is 0 Å². The van der Waals surface area contributed by atoms with E-state index in [1.165, 1.54) is 17.8 Å². The Hall–Kier alpha value is -1.94. The summed E-state index contributed by atoms with van der Waals surface area (Å²) in [5, 5.41) is 25.1. The van der Waals surface area contributed by atoms with Gasteiger partial charge in [0.1, 0.15) is 15.7 Å². The first-order valence-electron chi connectivity index (χ1n) is 6.89. The Balaban J connectivity index is 1.76. The van der Waals surface area contributed by atoms with E-state index >= 15 is 0 Å². The summed E-state index contributed by atoms with van der Waals surface area (Å²) in [5.41, 5.74) is -0.172. The second-order valence-corrected chi connectivity index (χ2v) is 8.13. The zero-order valence-electron chi connectivity index (χ0n) is 12.6. The molecular formula is C13H13N5O3S2. The normalized spacial score (nSPS) is 19.7. The van der Waals surface area contributed by atoms with E-state index in [0.29, 0.717) is 5.76 Å². The summed E-state index contributed by atoms with van der Waals surface area (Å²) in [6.45, 7) is 6.23. The van der Waals surface area contributed by atoms with E-state index in [-0.39, 0.29) is 16.7 Å². The molecule has 23 heavy (non-hydrogen) atoms. The molecule has 0 N–H and O–H groups in total. The summed E-state index contributed by atoms with van der Waals surface area (Å²) < 4.78 is 7.38. The van der Waals surface area contributed by atoms with Crippen molar-refractivity contribution >= 4 is 29.4 Å². The lowest BCUT2D eigenvalue weighted by Crippen LogP contribution is -2.34. The highest BCUT2D eigenvalue weighted by Crippen LogP contribution is 2.52. The molecule has 4 heterocycles. The maximum atomic E-state index is 10.8. The van der Waals surface area contributed by atoms with Gasteiger partial charge in [-0.25, -0.2) is 9.69 Å². The molecule has 8 nitrogen and oxygen atoms in total. The van der Waals surface area contributed by atoms with Crippen LogP contribution in [0.25, 0.3) is 0 Å². The molecule has 4 rings (SSSR count). The van der Waals surface area contributed by atoms with Crippen molar-refractivity contribution in [1.29, 1.82) is 0 Å². The van der Waals surface area contributed by atoms with Gasteiger partial charge < -0.3 is 4.42 Å². The number of aromatic nitrogens is 3. The van der Waals surface area contributed by atoms with Crippen molar-refractivity contribution in [1.82, 2.24) is 14.9 Å². The van der Waals surface area contributed by atoms with Crippen LogP contribution >= 0.6 is 23.5 Å². The molecule has 0 radical (unpaired) electrons. The Morgan fingerprint density at radius 1 is 1.35 bits per heavy atom. The summed E-state index contributed by atoms with van der Waals surface area (Å²) in [7, 11) is 0. The highest BCUT2D eigenvalue weighted by atomic mass is 32.2. The van der Waals surface area contributed by atoms with E-state index in [9.17, 15) is 10.1 Å². The lowest BCUT2D eigenvalue weighted by Gasteiger charge is -2.27. The fourth-order valence-corrected chi connectivity index (χ4v) is 4.64. The standard InChI is InChI=1S/C13H13N5O3S2/c1-13(2,3)11-14-15-12-17(11)16-9(23-12)6-22-10(16)7-4-5-8(21-7)18(19)20/h4-6,10H,1-3H3. The molecule has 0 bridgehead atoms. The second-order valence-electron chi connectivity index (χ2n) is 6.19. The van der Waals surface area contributed by atoms with Crippen molar-refractivity contribution in [2.45, 2.75) is 36.7 Å². The fraction of sp³-hybridized carbons (Fsp3) is 0.385. The summed E-state index contributed by atoms with van der Waals surface area (Å²) in [6.07, 6.45) is 0. The van der Waals surface area contributed by atoms with Crippen LogP contribution in [0.4, 0.5) is 5.88 Å². The van der Waals surface area contributed by atoms with Gasteiger partial charge in [0, 0.05) is 10.8 Å². The number of nitro groups is 1. The molecule has 2 aliphatic rings. The molecule has 2 aromatic rings. The Bertz CT molecular complexity index is 835. The van der Waals surface area contributed by atoms with E-state index in [1.807, 2.05) is 15.1 Å². The van der Waals surface area contributed by atoms with Gasteiger partial charge in [-0.2, -0.15) is 0 Å². The number of rotatable bonds is 2. The van der Waals surface area contributed by atoms with Gasteiger partial charge >= 0.3 is 5.88 Å². The van der Waals surface area contributed by atoms with E-state index in [1.54, 1.807) is 17.8 Å². The molecule has 0 spiro atoms. The average Bonchev–Trinajstić information content (AvgIpc) is 3.17. The molecule has 0 amide bonds. The lowest BCUT2D eigenvalue weighted by atomic mass is 9.96. The minimum atomic E-state index is -0.527. The summed E-state index contributed by atoms with van der Waals surface area (Å²) in [6, 6.07) is 3.03. The molecule has 0 fully saturated rings. The number of fused-ring (bicyclic) bond motifs is 3. The van der Waals surface area contributed by atoms with Crippen LogP contribution in [0.3, 0.4) is 0 Å². The molecule has 0 saturated heterocycles. The molecule has 0 aliphatic carbocycles. The number of hydrogen-bond donors (Lipinski definition) is 0. The van der Waals surface area contributed by atoms with Gasteiger partial charge in [0.2, 0.25) is 5.16 Å². The Labute approximate surface area is 140 Å². The molecule has 2 aromatic heterocycles. The first-order chi connectivity index (χ1) is 10.9. The van der Waals surface area contributed by atoms with Crippen LogP contribution in [0.1, 0.15) is 37.7 Å². The van der Waals surface area contributed by atoms with Crippen molar-refractivity contribution in [2.75, 3.05) is 5.01 Å². The maximum Gasteiger partial charge on any atom is 0.433 e. The topological polar surface area (TPSA) is 90.2 Å². The van der Waals surface area contributed by atoms with Gasteiger partial charge in [-0.05, 0) is 17.8 Å². The number of hydrogen-bond acceptors (Lipinski definition) is 8. The summed E-state index contributed by atoms with van der Waals surface area (Å²) in [4.78, 5) is 10.3. The van der Waals surface area contributed by atoms with Gasteiger partial charge in [0.05, 0.1) is 6.07 Å². The predicted molar refractivity (Wildman–Crippen MR) is 86.6 cm³/mol. The molecule has 10 heteroatoms. The van der Waals surface area contributed by atoms with Crippen LogP contribution in [0.5, 0.6) is 0 Å². The summed E-state index contributed by atoms with van der Waals surface area (Å²) in [5.74, 6) is 1.13. The third-order valence-electron chi connectivity index (χ3n) is 3.48. The highest BCUT2D eigenvalue weighted by molar-refractivity contribution is 8.07. The predicted octanol–water partition coefficient (Wildman–Crippen LogP) is 3.37. The van der Waals surface area contributed by atoms with Crippen molar-refractivity contribution < 1.29 is 9.34 Å². The Kier molecular flexibility index (Phi) is 3.04. The van der Waals surface area contributed by atoms with E-state index in [2.05, 4.69) is 31.0 Å². The zero-order valence-corrected chi connectivity index (χ0v) is 14.2. The van der Waals surface area contributed by atoms with E-state index < -0.39 is 4.92 Å². The van der Waals surface area contributed by atoms with Crippen LogP contribution in [0.2, 0.25) is 0 Å². The van der Waals surface area contributed by atoms with Crippen LogP contribution in [-0.2, 0) is 5.41 Å². The van der Waals surface area contributed by atoms with Crippen LogP contribution in [0.15, 0.2) is 32.1 Å². The zero-order chi connectivity index (χ0) is 16.4. The molecule has 1 unspecified atom stereocenters. The monoisotopic (exact) mass is 351 g/mol. The number of furan rings is 1. The smallest absolute Gasteiger partial charge is 0.403 e. The van der Waals surface area contributed by atoms with Crippen LogP contribution < -0.4 is 5.01 Å². The Morgan fingerprint density at radius 2 is 2.13 bits per heavy atom. The van der Waals surface area contributed by atoms with Gasteiger partial charge in [-0.1, -0.05) is 32.5 Å². The van der Waals surface area contributed by atoms with Gasteiger partial charge in [-0.15, -0.1) is 10.2 Å². The first kappa shape index (κ1) is 14.6. The SMILES string of the molecule is CC(C)(C)c1nnc2n1N1C(=CSC1c1ccc([N+](=O)[O-])o1)S2. The molecule has 0 saturated carbocycles. The highest BCUT2D eigenvalue weighted by Gasteiger charge is 2.43. The third-order valence-corrected chi connectivity index (χ3v) is 5.63. The molecular weight excluding hydrogens is 338 g/mol.